The summed E-state index contributed by atoms with van der Waals surface area (Å²) in [5.74, 6) is -0.00429. The molecule has 0 aliphatic carbocycles. The average Bonchev–Trinajstić information content (AvgIpc) is 3.29. The zero-order chi connectivity index (χ0) is 17.2. The van der Waals surface area contributed by atoms with Crippen LogP contribution in [0.2, 0.25) is 0 Å². The highest BCUT2D eigenvalue weighted by molar-refractivity contribution is 7.91. The number of likely N-dealkylation sites (N-methyl/N-ethyl adjacent to an activating group) is 1. The highest BCUT2D eigenvalue weighted by atomic mass is 32.2. The quantitative estimate of drug-likeness (QED) is 0.769. The Hall–Kier alpha value is -1.22. The Kier molecular flexibility index (Phi) is 5.39. The summed E-state index contributed by atoms with van der Waals surface area (Å²) in [6.45, 7) is 1.77. The average molecular weight is 385 g/mol. The van der Waals surface area contributed by atoms with Crippen molar-refractivity contribution in [2.75, 3.05) is 20.1 Å². The zero-order valence-electron chi connectivity index (χ0n) is 13.5. The van der Waals surface area contributed by atoms with E-state index in [2.05, 4.69) is 0 Å². The lowest BCUT2D eigenvalue weighted by Crippen LogP contribution is -2.27. The number of nitrogens with zero attached hydrogens (tertiary/aromatic N) is 2. The number of amides is 1. The number of carbonyl (C=O) groups excluding carboxylic acids is 1. The first-order chi connectivity index (χ1) is 11.5. The van der Waals surface area contributed by atoms with Crippen LogP contribution in [0.3, 0.4) is 0 Å². The lowest BCUT2D eigenvalue weighted by molar-refractivity contribution is -0.129. The Morgan fingerprint density at radius 2 is 1.96 bits per heavy atom. The minimum absolute atomic E-state index is 0.00429. The molecule has 3 heterocycles. The molecule has 24 heavy (non-hydrogen) atoms. The lowest BCUT2D eigenvalue weighted by atomic mass is 10.3. The van der Waals surface area contributed by atoms with Crippen LogP contribution in [-0.4, -0.2) is 43.7 Å². The summed E-state index contributed by atoms with van der Waals surface area (Å²) in [5, 5.41) is 1.99. The van der Waals surface area contributed by atoms with Gasteiger partial charge in [0.25, 0.3) is 10.0 Å². The molecule has 0 radical (unpaired) electrons. The number of hydrogen-bond donors (Lipinski definition) is 0. The Labute approximate surface area is 150 Å². The second-order valence-electron chi connectivity index (χ2n) is 5.84. The fraction of sp³-hybridized carbons (Fsp3) is 0.438. The van der Waals surface area contributed by atoms with Gasteiger partial charge in [-0.25, -0.2) is 8.42 Å². The number of rotatable bonds is 6. The Bertz CT molecular complexity index is 790. The summed E-state index contributed by atoms with van der Waals surface area (Å²) in [4.78, 5) is 15.9. The number of sulfonamides is 1. The van der Waals surface area contributed by atoms with Crippen molar-refractivity contribution >= 4 is 38.6 Å². The molecule has 5 nitrogen and oxygen atoms in total. The molecule has 1 aliphatic heterocycles. The van der Waals surface area contributed by atoms with Gasteiger partial charge in [0.05, 0.1) is 13.0 Å². The SMILES string of the molecule is CN(Cc1cccs1)C(=O)Cc1ccc(S(=O)(=O)N2CCCC2)s1. The van der Waals surface area contributed by atoms with E-state index >= 15 is 0 Å². The second-order valence-corrected chi connectivity index (χ2v) is 10.2. The topological polar surface area (TPSA) is 57.7 Å². The Balaban J connectivity index is 1.64. The first-order valence-electron chi connectivity index (χ1n) is 7.82. The van der Waals surface area contributed by atoms with E-state index in [1.54, 1.807) is 35.4 Å². The van der Waals surface area contributed by atoms with Gasteiger partial charge in [0, 0.05) is 29.9 Å². The highest BCUT2D eigenvalue weighted by Crippen LogP contribution is 2.27. The summed E-state index contributed by atoms with van der Waals surface area (Å²) in [6.07, 6.45) is 2.08. The van der Waals surface area contributed by atoms with Crippen molar-refractivity contribution in [1.82, 2.24) is 9.21 Å². The van der Waals surface area contributed by atoms with Gasteiger partial charge < -0.3 is 4.90 Å². The van der Waals surface area contributed by atoms with E-state index in [4.69, 9.17) is 0 Å². The maximum atomic E-state index is 12.5. The normalized spacial score (nSPS) is 15.7. The van der Waals surface area contributed by atoms with E-state index in [0.29, 0.717) is 23.8 Å². The predicted octanol–water partition coefficient (Wildman–Crippen LogP) is 2.80. The molecule has 1 fully saturated rings. The van der Waals surface area contributed by atoms with E-state index in [0.717, 1.165) is 22.6 Å². The number of hydrogen-bond acceptors (Lipinski definition) is 5. The summed E-state index contributed by atoms with van der Waals surface area (Å²) in [7, 11) is -1.61. The van der Waals surface area contributed by atoms with Crippen LogP contribution >= 0.6 is 22.7 Å². The van der Waals surface area contributed by atoms with Crippen molar-refractivity contribution in [2.45, 2.75) is 30.0 Å². The van der Waals surface area contributed by atoms with Crippen molar-refractivity contribution in [2.24, 2.45) is 0 Å². The van der Waals surface area contributed by atoms with Crippen LogP contribution in [0.4, 0.5) is 0 Å². The molecule has 0 saturated carbocycles. The molecule has 130 valence electrons. The van der Waals surface area contributed by atoms with Crippen LogP contribution in [-0.2, 0) is 27.8 Å². The van der Waals surface area contributed by atoms with E-state index < -0.39 is 10.0 Å². The molecular formula is C16H20N2O3S3. The van der Waals surface area contributed by atoms with Crippen molar-refractivity contribution in [3.8, 4) is 0 Å². The molecule has 0 unspecified atom stereocenters. The molecule has 1 aliphatic rings. The first-order valence-corrected chi connectivity index (χ1v) is 11.0. The zero-order valence-corrected chi connectivity index (χ0v) is 15.9. The summed E-state index contributed by atoms with van der Waals surface area (Å²) < 4.78 is 26.9. The van der Waals surface area contributed by atoms with E-state index in [1.165, 1.54) is 15.6 Å². The monoisotopic (exact) mass is 384 g/mol. The molecule has 1 saturated heterocycles. The molecular weight excluding hydrogens is 364 g/mol. The van der Waals surface area contributed by atoms with E-state index in [9.17, 15) is 13.2 Å². The fourth-order valence-electron chi connectivity index (χ4n) is 2.66. The maximum Gasteiger partial charge on any atom is 0.252 e. The summed E-state index contributed by atoms with van der Waals surface area (Å²) in [5.41, 5.74) is 0. The van der Waals surface area contributed by atoms with Gasteiger partial charge in [-0.1, -0.05) is 6.07 Å². The molecule has 2 aromatic heterocycles. The first kappa shape index (κ1) is 17.6. The van der Waals surface area contributed by atoms with Crippen molar-refractivity contribution < 1.29 is 13.2 Å². The highest BCUT2D eigenvalue weighted by Gasteiger charge is 2.28. The van der Waals surface area contributed by atoms with E-state index in [1.807, 2.05) is 17.5 Å². The predicted molar refractivity (Wildman–Crippen MR) is 96.8 cm³/mol. The largest absolute Gasteiger partial charge is 0.340 e. The third-order valence-corrected chi connectivity index (χ3v) is 8.33. The van der Waals surface area contributed by atoms with Crippen molar-refractivity contribution in [3.63, 3.8) is 0 Å². The van der Waals surface area contributed by atoms with Crippen LogP contribution in [0.15, 0.2) is 33.9 Å². The molecule has 3 rings (SSSR count). The van der Waals surface area contributed by atoms with Crippen LogP contribution in [0.5, 0.6) is 0 Å². The third-order valence-electron chi connectivity index (χ3n) is 4.02. The molecule has 1 amide bonds. The smallest absolute Gasteiger partial charge is 0.252 e. The van der Waals surface area contributed by atoms with Crippen LogP contribution < -0.4 is 0 Å². The second kappa shape index (κ2) is 7.35. The minimum atomic E-state index is -3.39. The van der Waals surface area contributed by atoms with Gasteiger partial charge in [0.15, 0.2) is 0 Å². The molecule has 0 bridgehead atoms. The molecule has 8 heteroatoms. The van der Waals surface area contributed by atoms with Gasteiger partial charge in [-0.3, -0.25) is 4.79 Å². The Morgan fingerprint density at radius 1 is 1.21 bits per heavy atom. The molecule has 0 spiro atoms. The molecule has 0 N–H and O–H groups in total. The van der Waals surface area contributed by atoms with Gasteiger partial charge in [-0.2, -0.15) is 4.31 Å². The van der Waals surface area contributed by atoms with Crippen molar-refractivity contribution in [3.05, 3.63) is 39.4 Å². The van der Waals surface area contributed by atoms with Crippen LogP contribution in [0.25, 0.3) is 0 Å². The summed E-state index contributed by atoms with van der Waals surface area (Å²) in [6, 6.07) is 7.35. The van der Waals surface area contributed by atoms with Gasteiger partial charge in [-0.15, -0.1) is 22.7 Å². The van der Waals surface area contributed by atoms with Gasteiger partial charge in [-0.05, 0) is 36.4 Å². The Morgan fingerprint density at radius 3 is 2.62 bits per heavy atom. The standard InChI is InChI=1S/C16H20N2O3S3/c1-17(12-14-5-4-10-22-14)15(19)11-13-6-7-16(23-13)24(20,21)18-8-2-3-9-18/h4-7,10H,2-3,8-9,11-12H2,1H3. The van der Waals surface area contributed by atoms with Crippen LogP contribution in [0.1, 0.15) is 22.6 Å². The minimum Gasteiger partial charge on any atom is -0.340 e. The van der Waals surface area contributed by atoms with Gasteiger partial charge in [0.1, 0.15) is 4.21 Å². The van der Waals surface area contributed by atoms with Crippen molar-refractivity contribution in [1.29, 1.82) is 0 Å². The van der Waals surface area contributed by atoms with E-state index in [-0.39, 0.29) is 12.3 Å². The number of carbonyl (C=O) groups is 1. The molecule has 0 atom stereocenters. The number of thiophene rings is 2. The fourth-order valence-corrected chi connectivity index (χ4v) is 6.43. The third kappa shape index (κ3) is 3.88. The molecule has 2 aromatic rings. The summed E-state index contributed by atoms with van der Waals surface area (Å²) >= 11 is 2.83. The lowest BCUT2D eigenvalue weighted by Gasteiger charge is -2.15. The molecule has 0 aromatic carbocycles. The maximum absolute atomic E-state index is 12.5. The van der Waals surface area contributed by atoms with Gasteiger partial charge in [0.2, 0.25) is 5.91 Å². The van der Waals surface area contributed by atoms with Crippen LogP contribution in [0, 0.1) is 0 Å². The van der Waals surface area contributed by atoms with Gasteiger partial charge >= 0.3 is 0 Å².